The SMILES string of the molecule is CCCC(=O)c1cccc2cc(O)cc(O)c12. The number of aromatic hydroxyl groups is 2. The van der Waals surface area contributed by atoms with E-state index in [9.17, 15) is 15.0 Å². The summed E-state index contributed by atoms with van der Waals surface area (Å²) in [4.78, 5) is 11.9. The Morgan fingerprint density at radius 3 is 2.71 bits per heavy atom. The van der Waals surface area contributed by atoms with E-state index in [0.29, 0.717) is 22.8 Å². The van der Waals surface area contributed by atoms with Crippen molar-refractivity contribution in [1.29, 1.82) is 0 Å². The van der Waals surface area contributed by atoms with Crippen LogP contribution in [-0.4, -0.2) is 16.0 Å². The lowest BCUT2D eigenvalue weighted by molar-refractivity contribution is 0.0983. The zero-order chi connectivity index (χ0) is 12.4. The molecule has 17 heavy (non-hydrogen) atoms. The molecule has 0 bridgehead atoms. The molecule has 0 fully saturated rings. The Morgan fingerprint density at radius 1 is 1.24 bits per heavy atom. The number of phenols is 2. The highest BCUT2D eigenvalue weighted by Gasteiger charge is 2.12. The summed E-state index contributed by atoms with van der Waals surface area (Å²) in [6, 6.07) is 8.02. The lowest BCUT2D eigenvalue weighted by Gasteiger charge is -2.07. The largest absolute Gasteiger partial charge is 0.508 e. The van der Waals surface area contributed by atoms with E-state index in [1.54, 1.807) is 18.2 Å². The van der Waals surface area contributed by atoms with Crippen molar-refractivity contribution in [3.05, 3.63) is 35.9 Å². The summed E-state index contributed by atoms with van der Waals surface area (Å²) in [5, 5.41) is 20.4. The molecule has 0 aliphatic rings. The van der Waals surface area contributed by atoms with Crippen molar-refractivity contribution in [2.24, 2.45) is 0 Å². The van der Waals surface area contributed by atoms with Crippen LogP contribution in [0.3, 0.4) is 0 Å². The van der Waals surface area contributed by atoms with E-state index in [1.807, 2.05) is 6.92 Å². The van der Waals surface area contributed by atoms with Crippen molar-refractivity contribution in [2.75, 3.05) is 0 Å². The van der Waals surface area contributed by atoms with E-state index in [-0.39, 0.29) is 17.3 Å². The molecule has 0 atom stereocenters. The minimum absolute atomic E-state index is 0.00455. The Labute approximate surface area is 99.3 Å². The van der Waals surface area contributed by atoms with Crippen LogP contribution in [-0.2, 0) is 0 Å². The molecule has 3 nitrogen and oxygen atoms in total. The highest BCUT2D eigenvalue weighted by atomic mass is 16.3. The minimum Gasteiger partial charge on any atom is -0.508 e. The number of carbonyl (C=O) groups is 1. The third-order valence-corrected chi connectivity index (χ3v) is 2.72. The number of rotatable bonds is 3. The van der Waals surface area contributed by atoms with Crippen molar-refractivity contribution >= 4 is 16.6 Å². The van der Waals surface area contributed by atoms with Crippen LogP contribution in [0.25, 0.3) is 10.8 Å². The zero-order valence-corrected chi connectivity index (χ0v) is 9.60. The van der Waals surface area contributed by atoms with E-state index in [0.717, 1.165) is 6.42 Å². The standard InChI is InChI=1S/C14H14O3/c1-2-4-12(16)11-6-3-5-9-7-10(15)8-13(17)14(9)11/h3,5-8,15,17H,2,4H2,1H3. The first-order valence-electron chi connectivity index (χ1n) is 5.61. The van der Waals surface area contributed by atoms with Crippen LogP contribution in [0, 0.1) is 0 Å². The molecule has 0 heterocycles. The van der Waals surface area contributed by atoms with Gasteiger partial charge in [0.15, 0.2) is 5.78 Å². The Bertz CT molecular complexity index is 573. The number of carbonyl (C=O) groups excluding carboxylic acids is 1. The molecule has 0 aromatic heterocycles. The Hall–Kier alpha value is -2.03. The first-order valence-corrected chi connectivity index (χ1v) is 5.61. The molecule has 0 amide bonds. The van der Waals surface area contributed by atoms with E-state index in [2.05, 4.69) is 0 Å². The van der Waals surface area contributed by atoms with Crippen molar-refractivity contribution in [2.45, 2.75) is 19.8 Å². The van der Waals surface area contributed by atoms with Crippen molar-refractivity contribution in [1.82, 2.24) is 0 Å². The van der Waals surface area contributed by atoms with Gasteiger partial charge in [-0.1, -0.05) is 25.1 Å². The monoisotopic (exact) mass is 230 g/mol. The lowest BCUT2D eigenvalue weighted by Crippen LogP contribution is -1.99. The van der Waals surface area contributed by atoms with Crippen LogP contribution in [0.2, 0.25) is 0 Å². The predicted octanol–water partition coefficient (Wildman–Crippen LogP) is 3.23. The number of Topliss-reactive ketones (excluding diaryl/α,β-unsaturated/α-hetero) is 1. The maximum atomic E-state index is 11.9. The third kappa shape index (κ3) is 2.09. The molecule has 3 heteroatoms. The summed E-state index contributed by atoms with van der Waals surface area (Å²) in [5.41, 5.74) is 0.516. The topological polar surface area (TPSA) is 57.5 Å². The molecule has 2 N–H and O–H groups in total. The minimum atomic E-state index is -0.0555. The second kappa shape index (κ2) is 4.45. The van der Waals surface area contributed by atoms with Gasteiger partial charge in [0.25, 0.3) is 0 Å². The van der Waals surface area contributed by atoms with Crippen LogP contribution in [0.15, 0.2) is 30.3 Å². The van der Waals surface area contributed by atoms with Gasteiger partial charge in [0, 0.05) is 23.4 Å². The van der Waals surface area contributed by atoms with Gasteiger partial charge in [-0.15, -0.1) is 0 Å². The van der Waals surface area contributed by atoms with Crippen molar-refractivity contribution in [3.8, 4) is 11.5 Å². The molecule has 0 unspecified atom stereocenters. The van der Waals surface area contributed by atoms with Gasteiger partial charge in [-0.05, 0) is 17.9 Å². The van der Waals surface area contributed by atoms with Crippen LogP contribution in [0.1, 0.15) is 30.1 Å². The Morgan fingerprint density at radius 2 is 2.00 bits per heavy atom. The number of phenolic OH excluding ortho intramolecular Hbond substituents is 2. The molecule has 0 saturated heterocycles. The molecular formula is C14H14O3. The summed E-state index contributed by atoms with van der Waals surface area (Å²) in [6.07, 6.45) is 1.23. The number of hydrogen-bond acceptors (Lipinski definition) is 3. The number of fused-ring (bicyclic) bond motifs is 1. The molecule has 0 aliphatic carbocycles. The summed E-state index contributed by atoms with van der Waals surface area (Å²) in [6.45, 7) is 1.94. The highest BCUT2D eigenvalue weighted by molar-refractivity contribution is 6.10. The van der Waals surface area contributed by atoms with Crippen LogP contribution in [0.4, 0.5) is 0 Å². The maximum Gasteiger partial charge on any atom is 0.163 e. The molecule has 0 aliphatic heterocycles. The summed E-state index contributed by atoms with van der Waals surface area (Å²) in [7, 11) is 0. The van der Waals surface area contributed by atoms with E-state index in [4.69, 9.17) is 0 Å². The molecule has 2 aromatic carbocycles. The molecule has 88 valence electrons. The van der Waals surface area contributed by atoms with Gasteiger partial charge in [0.1, 0.15) is 11.5 Å². The number of hydrogen-bond donors (Lipinski definition) is 2. The van der Waals surface area contributed by atoms with Gasteiger partial charge in [-0.2, -0.15) is 0 Å². The van der Waals surface area contributed by atoms with Crippen LogP contribution in [0.5, 0.6) is 11.5 Å². The van der Waals surface area contributed by atoms with Crippen molar-refractivity contribution < 1.29 is 15.0 Å². The van der Waals surface area contributed by atoms with Gasteiger partial charge < -0.3 is 10.2 Å². The quantitative estimate of drug-likeness (QED) is 0.796. The third-order valence-electron chi connectivity index (χ3n) is 2.72. The maximum absolute atomic E-state index is 11.9. The van der Waals surface area contributed by atoms with E-state index in [1.165, 1.54) is 12.1 Å². The summed E-state index contributed by atoms with van der Waals surface area (Å²) < 4.78 is 0. The van der Waals surface area contributed by atoms with Gasteiger partial charge in [-0.25, -0.2) is 0 Å². The predicted molar refractivity (Wildman–Crippen MR) is 66.5 cm³/mol. The highest BCUT2D eigenvalue weighted by Crippen LogP contribution is 2.32. The Kier molecular flexibility index (Phi) is 3.00. The average molecular weight is 230 g/mol. The summed E-state index contributed by atoms with van der Waals surface area (Å²) in [5.74, 6) is -0.0470. The van der Waals surface area contributed by atoms with Gasteiger partial charge >= 0.3 is 0 Å². The molecule has 2 rings (SSSR count). The zero-order valence-electron chi connectivity index (χ0n) is 9.60. The molecule has 2 aromatic rings. The molecule has 0 radical (unpaired) electrons. The van der Waals surface area contributed by atoms with E-state index >= 15 is 0 Å². The second-order valence-corrected chi connectivity index (χ2v) is 4.04. The molecular weight excluding hydrogens is 216 g/mol. The first-order chi connectivity index (χ1) is 8.13. The normalized spacial score (nSPS) is 10.6. The van der Waals surface area contributed by atoms with Crippen molar-refractivity contribution in [3.63, 3.8) is 0 Å². The second-order valence-electron chi connectivity index (χ2n) is 4.04. The van der Waals surface area contributed by atoms with Gasteiger partial charge in [-0.3, -0.25) is 4.79 Å². The molecule has 0 spiro atoms. The Balaban J connectivity index is 2.68. The van der Waals surface area contributed by atoms with Crippen LogP contribution < -0.4 is 0 Å². The van der Waals surface area contributed by atoms with Crippen LogP contribution >= 0.6 is 0 Å². The first kappa shape index (κ1) is 11.5. The summed E-state index contributed by atoms with van der Waals surface area (Å²) >= 11 is 0. The smallest absolute Gasteiger partial charge is 0.163 e. The van der Waals surface area contributed by atoms with Gasteiger partial charge in [0.2, 0.25) is 0 Å². The lowest BCUT2D eigenvalue weighted by atomic mass is 9.98. The fourth-order valence-corrected chi connectivity index (χ4v) is 1.98. The average Bonchev–Trinajstić information content (AvgIpc) is 2.28. The van der Waals surface area contributed by atoms with E-state index < -0.39 is 0 Å². The fraction of sp³-hybridized carbons (Fsp3) is 0.214. The number of benzene rings is 2. The molecule has 0 saturated carbocycles. The van der Waals surface area contributed by atoms with Gasteiger partial charge in [0.05, 0.1) is 0 Å². The fourth-order valence-electron chi connectivity index (χ4n) is 1.98. The number of ketones is 1.